The van der Waals surface area contributed by atoms with Crippen molar-refractivity contribution in [1.82, 2.24) is 10.6 Å². The smallest absolute Gasteiger partial charge is 0.406 e. The van der Waals surface area contributed by atoms with E-state index >= 15 is 0 Å². The minimum Gasteiger partial charge on any atom is -0.406 e. The monoisotopic (exact) mass is 382 g/mol. The molecule has 5 nitrogen and oxygen atoms in total. The van der Waals surface area contributed by atoms with Gasteiger partial charge in [0.2, 0.25) is 5.91 Å². The molecule has 1 aromatic rings. The number of carbonyl (C=O) groups excluding carboxylic acids is 1. The van der Waals surface area contributed by atoms with Crippen LogP contribution in [-0.4, -0.2) is 39.1 Å². The average molecular weight is 383 g/mol. The number of alkyl halides is 3. The molecular formula is C16H22ClF3N2O3. The maximum atomic E-state index is 12.5. The van der Waals surface area contributed by atoms with Gasteiger partial charge in [-0.3, -0.25) is 4.79 Å². The minimum atomic E-state index is -4.71. The van der Waals surface area contributed by atoms with Gasteiger partial charge in [-0.2, -0.15) is 0 Å². The van der Waals surface area contributed by atoms with Crippen LogP contribution in [0.1, 0.15) is 18.4 Å². The van der Waals surface area contributed by atoms with E-state index in [4.69, 9.17) is 4.74 Å². The van der Waals surface area contributed by atoms with Gasteiger partial charge in [-0.15, -0.1) is 25.6 Å². The van der Waals surface area contributed by atoms with Crippen molar-refractivity contribution in [3.8, 4) is 5.75 Å². The Hall–Kier alpha value is -1.51. The van der Waals surface area contributed by atoms with Gasteiger partial charge in [0, 0.05) is 13.7 Å². The zero-order chi connectivity index (χ0) is 17.6. The predicted octanol–water partition coefficient (Wildman–Crippen LogP) is 2.64. The van der Waals surface area contributed by atoms with E-state index in [9.17, 15) is 18.0 Å². The van der Waals surface area contributed by atoms with Crippen LogP contribution in [0.5, 0.6) is 5.75 Å². The number of carbonyl (C=O) groups is 1. The Balaban J connectivity index is 0.00000312. The van der Waals surface area contributed by atoms with Gasteiger partial charge in [-0.1, -0.05) is 12.1 Å². The number of piperidine rings is 1. The third kappa shape index (κ3) is 6.37. The second kappa shape index (κ2) is 9.26. The fourth-order valence-corrected chi connectivity index (χ4v) is 2.80. The quantitative estimate of drug-likeness (QED) is 0.794. The first kappa shape index (κ1) is 21.5. The molecule has 0 atom stereocenters. The number of hydrogen-bond donors (Lipinski definition) is 2. The van der Waals surface area contributed by atoms with Crippen LogP contribution < -0.4 is 15.4 Å². The molecule has 0 unspecified atom stereocenters. The number of ether oxygens (including phenoxy) is 2. The first-order valence-electron chi connectivity index (χ1n) is 7.67. The number of amides is 1. The lowest BCUT2D eigenvalue weighted by atomic mass is 9.78. The van der Waals surface area contributed by atoms with Gasteiger partial charge in [-0.05, 0) is 43.6 Å². The van der Waals surface area contributed by atoms with Crippen LogP contribution in [0.15, 0.2) is 24.3 Å². The van der Waals surface area contributed by atoms with Gasteiger partial charge < -0.3 is 20.1 Å². The van der Waals surface area contributed by atoms with Crippen molar-refractivity contribution in [3.63, 3.8) is 0 Å². The topological polar surface area (TPSA) is 59.6 Å². The van der Waals surface area contributed by atoms with E-state index < -0.39 is 11.8 Å². The molecule has 0 saturated carbocycles. The van der Waals surface area contributed by atoms with E-state index in [2.05, 4.69) is 15.4 Å². The molecule has 0 aromatic heterocycles. The largest absolute Gasteiger partial charge is 0.573 e. The summed E-state index contributed by atoms with van der Waals surface area (Å²) in [6, 6.07) is 5.44. The molecule has 1 heterocycles. The Kier molecular flexibility index (Phi) is 7.98. The second-order valence-corrected chi connectivity index (χ2v) is 5.84. The normalized spacial score (nSPS) is 16.6. The summed E-state index contributed by atoms with van der Waals surface area (Å²) in [5.41, 5.74) is 0.138. The Labute approximate surface area is 150 Å². The van der Waals surface area contributed by atoms with Crippen LogP contribution in [0, 0.1) is 5.41 Å². The number of halogens is 4. The van der Waals surface area contributed by atoms with Gasteiger partial charge in [0.1, 0.15) is 5.75 Å². The third-order valence-electron chi connectivity index (χ3n) is 4.07. The van der Waals surface area contributed by atoms with Gasteiger partial charge in [0.05, 0.1) is 12.0 Å². The second-order valence-electron chi connectivity index (χ2n) is 5.84. The predicted molar refractivity (Wildman–Crippen MR) is 88.6 cm³/mol. The van der Waals surface area contributed by atoms with Crippen LogP contribution in [-0.2, 0) is 16.1 Å². The van der Waals surface area contributed by atoms with Gasteiger partial charge in [-0.25, -0.2) is 0 Å². The molecule has 2 N–H and O–H groups in total. The highest BCUT2D eigenvalue weighted by Crippen LogP contribution is 2.29. The van der Waals surface area contributed by atoms with E-state index in [1.807, 2.05) is 0 Å². The molecular weight excluding hydrogens is 361 g/mol. The summed E-state index contributed by atoms with van der Waals surface area (Å²) in [4.78, 5) is 12.5. The molecule has 0 spiro atoms. The lowest BCUT2D eigenvalue weighted by Crippen LogP contribution is -2.49. The zero-order valence-electron chi connectivity index (χ0n) is 13.8. The molecule has 142 valence electrons. The molecule has 1 saturated heterocycles. The van der Waals surface area contributed by atoms with Crippen LogP contribution in [0.4, 0.5) is 13.2 Å². The lowest BCUT2D eigenvalue weighted by Gasteiger charge is -2.35. The number of benzene rings is 1. The number of rotatable bonds is 6. The average Bonchev–Trinajstić information content (AvgIpc) is 2.53. The molecule has 0 bridgehead atoms. The van der Waals surface area contributed by atoms with Crippen LogP contribution in [0.3, 0.4) is 0 Å². The van der Waals surface area contributed by atoms with Gasteiger partial charge >= 0.3 is 6.36 Å². The van der Waals surface area contributed by atoms with E-state index in [1.165, 1.54) is 24.3 Å². The maximum Gasteiger partial charge on any atom is 0.573 e. The first-order valence-corrected chi connectivity index (χ1v) is 7.67. The Morgan fingerprint density at radius 2 is 1.84 bits per heavy atom. The molecule has 1 fully saturated rings. The third-order valence-corrected chi connectivity index (χ3v) is 4.07. The summed E-state index contributed by atoms with van der Waals surface area (Å²) in [5.74, 6) is -0.381. The van der Waals surface area contributed by atoms with Crippen molar-refractivity contribution in [2.75, 3.05) is 26.8 Å². The molecule has 9 heteroatoms. The molecule has 25 heavy (non-hydrogen) atoms. The van der Waals surface area contributed by atoms with Crippen molar-refractivity contribution in [1.29, 1.82) is 0 Å². The summed E-state index contributed by atoms with van der Waals surface area (Å²) in [5, 5.41) is 6.06. The molecule has 0 aliphatic carbocycles. The highest BCUT2D eigenvalue weighted by Gasteiger charge is 2.39. The van der Waals surface area contributed by atoms with E-state index in [1.54, 1.807) is 7.11 Å². The van der Waals surface area contributed by atoms with Crippen molar-refractivity contribution in [3.05, 3.63) is 29.8 Å². The molecule has 1 aliphatic rings. The van der Waals surface area contributed by atoms with E-state index in [-0.39, 0.29) is 30.6 Å². The zero-order valence-corrected chi connectivity index (χ0v) is 14.6. The molecule has 1 aromatic carbocycles. The fraction of sp³-hybridized carbons (Fsp3) is 0.562. The van der Waals surface area contributed by atoms with Crippen molar-refractivity contribution in [2.24, 2.45) is 5.41 Å². The molecule has 0 radical (unpaired) electrons. The fourth-order valence-electron chi connectivity index (χ4n) is 2.80. The minimum absolute atomic E-state index is 0. The summed E-state index contributed by atoms with van der Waals surface area (Å²) < 4.78 is 45.4. The Morgan fingerprint density at radius 3 is 2.36 bits per heavy atom. The van der Waals surface area contributed by atoms with E-state index in [0.29, 0.717) is 25.0 Å². The highest BCUT2D eigenvalue weighted by molar-refractivity contribution is 5.85. The van der Waals surface area contributed by atoms with Crippen LogP contribution >= 0.6 is 12.4 Å². The summed E-state index contributed by atoms with van der Waals surface area (Å²) >= 11 is 0. The molecule has 2 rings (SSSR count). The summed E-state index contributed by atoms with van der Waals surface area (Å²) in [6.45, 7) is 2.09. The van der Waals surface area contributed by atoms with Crippen molar-refractivity contribution >= 4 is 18.3 Å². The Morgan fingerprint density at radius 1 is 1.24 bits per heavy atom. The standard InChI is InChI=1S/C16H21F3N2O3.ClH/c1-23-11-15(6-8-20-9-7-15)14(22)21-10-12-2-4-13(5-3-12)24-16(17,18)19;/h2-5,20H,6-11H2,1H3,(H,21,22);1H. The summed E-state index contributed by atoms with van der Waals surface area (Å²) in [7, 11) is 1.57. The van der Waals surface area contributed by atoms with Crippen molar-refractivity contribution < 1.29 is 27.4 Å². The van der Waals surface area contributed by atoms with E-state index in [0.717, 1.165) is 13.1 Å². The number of nitrogens with one attached hydrogen (secondary N) is 2. The summed E-state index contributed by atoms with van der Waals surface area (Å²) in [6.07, 6.45) is -3.34. The highest BCUT2D eigenvalue weighted by atomic mass is 35.5. The molecule has 1 aliphatic heterocycles. The lowest BCUT2D eigenvalue weighted by molar-refractivity contribution is -0.274. The maximum absolute atomic E-state index is 12.5. The van der Waals surface area contributed by atoms with Crippen LogP contribution in [0.2, 0.25) is 0 Å². The van der Waals surface area contributed by atoms with Crippen LogP contribution in [0.25, 0.3) is 0 Å². The first-order chi connectivity index (χ1) is 11.3. The SMILES string of the molecule is COCC1(C(=O)NCc2ccc(OC(F)(F)F)cc2)CCNCC1.Cl. The Bertz CT molecular complexity index is 541. The van der Waals surface area contributed by atoms with Crippen molar-refractivity contribution in [2.45, 2.75) is 25.7 Å². The number of hydrogen-bond acceptors (Lipinski definition) is 4. The van der Waals surface area contributed by atoms with Gasteiger partial charge in [0.25, 0.3) is 0 Å². The van der Waals surface area contributed by atoms with Gasteiger partial charge in [0.15, 0.2) is 0 Å². The molecule has 1 amide bonds. The number of methoxy groups -OCH3 is 1.